The van der Waals surface area contributed by atoms with E-state index < -0.39 is 0 Å². The van der Waals surface area contributed by atoms with Gasteiger partial charge in [-0.1, -0.05) is 30.3 Å². The van der Waals surface area contributed by atoms with Gasteiger partial charge in [-0.2, -0.15) is 0 Å². The molecule has 2 aromatic rings. The third-order valence-electron chi connectivity index (χ3n) is 4.35. The Hall–Kier alpha value is -2.13. The topological polar surface area (TPSA) is 46.5 Å². The van der Waals surface area contributed by atoms with E-state index in [0.717, 1.165) is 17.5 Å². The summed E-state index contributed by atoms with van der Waals surface area (Å²) in [6.07, 6.45) is 2.10. The normalized spacial score (nSPS) is 22.8. The Morgan fingerprint density at radius 2 is 1.85 bits per heavy atom. The number of carbonyl (C=O) groups is 1. The number of fused-ring (bicyclic) bond motifs is 6. The number of benzene rings is 2. The summed E-state index contributed by atoms with van der Waals surface area (Å²) in [5.74, 6) is 0.121. The van der Waals surface area contributed by atoms with Gasteiger partial charge in [0.05, 0.1) is 17.8 Å². The zero-order valence-electron chi connectivity index (χ0n) is 10.9. The monoisotopic (exact) mass is 266 g/mol. The summed E-state index contributed by atoms with van der Waals surface area (Å²) >= 11 is 0. The van der Waals surface area contributed by atoms with Crippen molar-refractivity contribution in [2.45, 2.75) is 25.0 Å². The lowest BCUT2D eigenvalue weighted by Crippen LogP contribution is -2.27. The van der Waals surface area contributed by atoms with Gasteiger partial charge in [0.25, 0.3) is 0 Å². The van der Waals surface area contributed by atoms with Crippen LogP contribution >= 0.6 is 0 Å². The van der Waals surface area contributed by atoms with Gasteiger partial charge in [0.2, 0.25) is 0 Å². The molecular weight excluding hydrogens is 252 g/mol. The maximum absolute atomic E-state index is 11.0. The molecule has 20 heavy (non-hydrogen) atoms. The quantitative estimate of drug-likeness (QED) is 0.807. The van der Waals surface area contributed by atoms with E-state index in [4.69, 9.17) is 4.74 Å². The number of aromatic hydroxyl groups is 1. The molecule has 2 atom stereocenters. The molecule has 3 nitrogen and oxygen atoms in total. The van der Waals surface area contributed by atoms with Crippen molar-refractivity contribution < 1.29 is 14.6 Å². The summed E-state index contributed by atoms with van der Waals surface area (Å²) in [5.41, 5.74) is 4.75. The fraction of sp³-hybridized carbons (Fsp3) is 0.235. The van der Waals surface area contributed by atoms with E-state index in [0.29, 0.717) is 18.3 Å². The first-order chi connectivity index (χ1) is 9.78. The van der Waals surface area contributed by atoms with Gasteiger partial charge in [0, 0.05) is 18.4 Å². The van der Waals surface area contributed by atoms with E-state index in [1.54, 1.807) is 6.07 Å². The highest BCUT2D eigenvalue weighted by Crippen LogP contribution is 2.47. The van der Waals surface area contributed by atoms with Gasteiger partial charge in [0.1, 0.15) is 5.75 Å². The third kappa shape index (κ3) is 1.53. The molecule has 2 aliphatic heterocycles. The maximum Gasteiger partial charge on any atom is 0.153 e. The molecule has 2 aliphatic rings. The lowest BCUT2D eigenvalue weighted by molar-refractivity contribution is -0.0397. The number of rotatable bonds is 1. The van der Waals surface area contributed by atoms with Gasteiger partial charge in [-0.3, -0.25) is 4.79 Å². The minimum atomic E-state index is -0.0229. The van der Waals surface area contributed by atoms with Crippen molar-refractivity contribution in [1.29, 1.82) is 0 Å². The Balaban J connectivity index is 1.87. The molecular formula is C17H14O3. The number of hydrogen-bond donors (Lipinski definition) is 1. The Bertz CT molecular complexity index is 705. The number of phenolic OH excluding ortho intramolecular Hbond substituents is 1. The lowest BCUT2D eigenvalue weighted by atomic mass is 9.81. The summed E-state index contributed by atoms with van der Waals surface area (Å²) in [6, 6.07) is 11.9. The van der Waals surface area contributed by atoms with E-state index in [-0.39, 0.29) is 18.0 Å². The van der Waals surface area contributed by atoms with Crippen molar-refractivity contribution in [2.24, 2.45) is 0 Å². The van der Waals surface area contributed by atoms with E-state index in [1.807, 2.05) is 18.2 Å². The number of ether oxygens (including phenoxy) is 1. The predicted octanol–water partition coefficient (Wildman–Crippen LogP) is 3.12. The van der Waals surface area contributed by atoms with Crippen LogP contribution in [0.25, 0.3) is 0 Å². The van der Waals surface area contributed by atoms with Crippen LogP contribution in [-0.4, -0.2) is 11.4 Å². The van der Waals surface area contributed by atoms with Crippen molar-refractivity contribution in [3.63, 3.8) is 0 Å². The number of phenols is 1. The van der Waals surface area contributed by atoms with Crippen LogP contribution in [0.5, 0.6) is 5.75 Å². The number of hydrogen-bond acceptors (Lipinski definition) is 3. The van der Waals surface area contributed by atoms with Crippen molar-refractivity contribution in [3.8, 4) is 5.75 Å². The second-order valence-corrected chi connectivity index (χ2v) is 5.41. The molecule has 0 amide bonds. The van der Waals surface area contributed by atoms with Crippen molar-refractivity contribution in [1.82, 2.24) is 0 Å². The first-order valence-corrected chi connectivity index (χ1v) is 6.81. The van der Waals surface area contributed by atoms with Gasteiger partial charge in [0.15, 0.2) is 6.29 Å². The summed E-state index contributed by atoms with van der Waals surface area (Å²) in [7, 11) is 0. The van der Waals surface area contributed by atoms with Crippen molar-refractivity contribution in [2.75, 3.05) is 0 Å². The molecule has 2 unspecified atom stereocenters. The fourth-order valence-corrected chi connectivity index (χ4v) is 3.36. The summed E-state index contributed by atoms with van der Waals surface area (Å²) in [4.78, 5) is 11.0. The molecule has 3 heteroatoms. The highest BCUT2D eigenvalue weighted by Gasteiger charge is 2.36. The highest BCUT2D eigenvalue weighted by atomic mass is 16.5. The average Bonchev–Trinajstić information content (AvgIpc) is 2.49. The molecule has 0 aliphatic carbocycles. The number of aldehydes is 1. The van der Waals surface area contributed by atoms with Crippen LogP contribution < -0.4 is 0 Å². The zero-order valence-corrected chi connectivity index (χ0v) is 10.9. The van der Waals surface area contributed by atoms with E-state index in [1.165, 1.54) is 11.1 Å². The summed E-state index contributed by atoms with van der Waals surface area (Å²) in [5, 5.41) is 10.3. The van der Waals surface area contributed by atoms with Gasteiger partial charge in [-0.05, 0) is 22.8 Å². The standard InChI is InChI=1S/C17H14O3/c18-9-11-5-6-13-14(17(11)19)8-16-12-4-2-1-3-10(12)7-15(13)20-16/h1-6,9,15-16,19H,7-8H2. The molecule has 0 fully saturated rings. The average molecular weight is 266 g/mol. The highest BCUT2D eigenvalue weighted by molar-refractivity contribution is 5.80. The van der Waals surface area contributed by atoms with Gasteiger partial charge >= 0.3 is 0 Å². The Morgan fingerprint density at radius 1 is 1.05 bits per heavy atom. The smallest absolute Gasteiger partial charge is 0.153 e. The molecule has 1 N–H and O–H groups in total. The predicted molar refractivity (Wildman–Crippen MR) is 73.9 cm³/mol. The second kappa shape index (κ2) is 4.18. The van der Waals surface area contributed by atoms with Crippen molar-refractivity contribution in [3.05, 3.63) is 64.2 Å². The van der Waals surface area contributed by atoms with Crippen LogP contribution in [0.3, 0.4) is 0 Å². The molecule has 0 radical (unpaired) electrons. The Kier molecular flexibility index (Phi) is 2.44. The van der Waals surface area contributed by atoms with Crippen LogP contribution in [0.2, 0.25) is 0 Å². The van der Waals surface area contributed by atoms with Crippen LogP contribution in [0.1, 0.15) is 44.8 Å². The molecule has 2 heterocycles. The van der Waals surface area contributed by atoms with Gasteiger partial charge in [-0.25, -0.2) is 0 Å². The van der Waals surface area contributed by atoms with Crippen LogP contribution in [0.4, 0.5) is 0 Å². The van der Waals surface area contributed by atoms with E-state index >= 15 is 0 Å². The molecule has 2 aromatic carbocycles. The largest absolute Gasteiger partial charge is 0.507 e. The second-order valence-electron chi connectivity index (χ2n) is 5.41. The van der Waals surface area contributed by atoms with Crippen molar-refractivity contribution >= 4 is 6.29 Å². The number of carbonyl (C=O) groups excluding carboxylic acids is 1. The van der Waals surface area contributed by atoms with Crippen LogP contribution in [0, 0.1) is 0 Å². The minimum absolute atomic E-state index is 0.0229. The van der Waals surface area contributed by atoms with Crippen LogP contribution in [-0.2, 0) is 17.6 Å². The molecule has 0 spiro atoms. The fourth-order valence-electron chi connectivity index (χ4n) is 3.36. The van der Waals surface area contributed by atoms with Crippen LogP contribution in [0.15, 0.2) is 36.4 Å². The molecule has 0 aromatic heterocycles. The van der Waals surface area contributed by atoms with Gasteiger partial charge < -0.3 is 9.84 Å². The molecule has 0 saturated heterocycles. The SMILES string of the molecule is O=Cc1ccc2c(c1O)CC1OC2Cc2ccccc21. The Labute approximate surface area is 116 Å². The first-order valence-electron chi connectivity index (χ1n) is 6.81. The summed E-state index contributed by atoms with van der Waals surface area (Å²) in [6.45, 7) is 0. The zero-order chi connectivity index (χ0) is 13.7. The van der Waals surface area contributed by atoms with E-state index in [2.05, 4.69) is 12.1 Å². The molecule has 100 valence electrons. The lowest BCUT2D eigenvalue weighted by Gasteiger charge is -2.38. The first kappa shape index (κ1) is 11.7. The molecule has 4 rings (SSSR count). The third-order valence-corrected chi connectivity index (χ3v) is 4.35. The Morgan fingerprint density at radius 3 is 2.70 bits per heavy atom. The summed E-state index contributed by atoms with van der Waals surface area (Å²) < 4.78 is 6.10. The maximum atomic E-state index is 11.0. The van der Waals surface area contributed by atoms with Gasteiger partial charge in [-0.15, -0.1) is 0 Å². The minimum Gasteiger partial charge on any atom is -0.507 e. The molecule has 2 bridgehead atoms. The molecule has 0 saturated carbocycles. The van der Waals surface area contributed by atoms with E-state index in [9.17, 15) is 9.90 Å².